The Bertz CT molecular complexity index is 386. The van der Waals surface area contributed by atoms with Gasteiger partial charge in [0.15, 0.2) is 5.78 Å². The van der Waals surface area contributed by atoms with E-state index in [0.29, 0.717) is 6.61 Å². The van der Waals surface area contributed by atoms with Gasteiger partial charge in [0.2, 0.25) is 0 Å². The van der Waals surface area contributed by atoms with Crippen LogP contribution < -0.4 is 0 Å². The zero-order valence-corrected chi connectivity index (χ0v) is 8.17. The molecule has 0 saturated carbocycles. The Morgan fingerprint density at radius 2 is 2.20 bits per heavy atom. The Hall–Kier alpha value is -1.71. The Kier molecular flexibility index (Phi) is 3.97. The van der Waals surface area contributed by atoms with Crippen LogP contribution in [0.25, 0.3) is 0 Å². The third-order valence-corrected chi connectivity index (χ3v) is 1.68. The van der Waals surface area contributed by atoms with Crippen molar-refractivity contribution in [2.75, 3.05) is 6.61 Å². The molecule has 80 valence electrons. The summed E-state index contributed by atoms with van der Waals surface area (Å²) in [5.41, 5.74) is -0.300. The van der Waals surface area contributed by atoms with Gasteiger partial charge in [0.25, 0.3) is 0 Å². The number of benzene rings is 1. The minimum absolute atomic E-state index is 0.300. The lowest BCUT2D eigenvalue weighted by molar-refractivity contribution is 0.103. The van der Waals surface area contributed by atoms with Gasteiger partial charge in [-0.3, -0.25) is 4.79 Å². The number of hydrogen-bond donors (Lipinski definition) is 0. The molecule has 0 atom stereocenters. The summed E-state index contributed by atoms with van der Waals surface area (Å²) in [6, 6.07) is 2.73. The topological polar surface area (TPSA) is 26.3 Å². The molecule has 0 amide bonds. The molecule has 0 N–H and O–H groups in total. The maximum atomic E-state index is 13.1. The van der Waals surface area contributed by atoms with E-state index in [-0.39, 0.29) is 5.56 Å². The molecule has 15 heavy (non-hydrogen) atoms. The summed E-state index contributed by atoms with van der Waals surface area (Å²) in [5.74, 6) is -2.02. The monoisotopic (exact) mass is 212 g/mol. The molecular weight excluding hydrogens is 202 g/mol. The van der Waals surface area contributed by atoms with E-state index in [1.54, 1.807) is 6.92 Å². The maximum Gasteiger partial charge on any atom is 0.191 e. The van der Waals surface area contributed by atoms with Crippen molar-refractivity contribution in [1.29, 1.82) is 0 Å². The van der Waals surface area contributed by atoms with Crippen LogP contribution in [-0.4, -0.2) is 12.4 Å². The quantitative estimate of drug-likeness (QED) is 0.435. The van der Waals surface area contributed by atoms with E-state index in [1.165, 1.54) is 0 Å². The summed E-state index contributed by atoms with van der Waals surface area (Å²) < 4.78 is 30.6. The van der Waals surface area contributed by atoms with Crippen LogP contribution in [0.1, 0.15) is 17.3 Å². The normalized spacial score (nSPS) is 10.6. The predicted octanol–water partition coefficient (Wildman–Crippen LogP) is 2.70. The Labute approximate surface area is 86.2 Å². The number of halogens is 2. The number of allylic oxidation sites excluding steroid dienone is 1. The van der Waals surface area contributed by atoms with Crippen LogP contribution in [0.15, 0.2) is 30.5 Å². The lowest BCUT2D eigenvalue weighted by Gasteiger charge is -1.98. The van der Waals surface area contributed by atoms with Gasteiger partial charge >= 0.3 is 0 Å². The zero-order valence-electron chi connectivity index (χ0n) is 8.17. The second kappa shape index (κ2) is 5.24. The average molecular weight is 212 g/mol. The third-order valence-electron chi connectivity index (χ3n) is 1.68. The molecule has 1 rings (SSSR count). The molecule has 0 bridgehead atoms. The predicted molar refractivity (Wildman–Crippen MR) is 51.5 cm³/mol. The van der Waals surface area contributed by atoms with Crippen LogP contribution in [0.4, 0.5) is 8.78 Å². The van der Waals surface area contributed by atoms with Crippen LogP contribution in [0.5, 0.6) is 0 Å². The second-order valence-electron chi connectivity index (χ2n) is 2.75. The molecule has 0 saturated heterocycles. The summed E-state index contributed by atoms with van der Waals surface area (Å²) in [6.45, 7) is 2.16. The molecule has 2 nitrogen and oxygen atoms in total. The lowest BCUT2D eigenvalue weighted by atomic mass is 10.1. The number of ether oxygens (including phenoxy) is 1. The van der Waals surface area contributed by atoms with Gasteiger partial charge < -0.3 is 4.74 Å². The highest BCUT2D eigenvalue weighted by Gasteiger charge is 2.09. The highest BCUT2D eigenvalue weighted by molar-refractivity contribution is 6.04. The van der Waals surface area contributed by atoms with Gasteiger partial charge in [0.1, 0.15) is 11.6 Å². The van der Waals surface area contributed by atoms with Gasteiger partial charge in [-0.1, -0.05) is 0 Å². The molecule has 0 aliphatic carbocycles. The first-order chi connectivity index (χ1) is 7.15. The molecule has 1 aromatic rings. The molecule has 0 aliphatic rings. The first-order valence-electron chi connectivity index (χ1n) is 4.42. The van der Waals surface area contributed by atoms with Crippen molar-refractivity contribution >= 4 is 5.78 Å². The van der Waals surface area contributed by atoms with Gasteiger partial charge in [0.05, 0.1) is 18.4 Å². The number of carbonyl (C=O) groups is 1. The first kappa shape index (κ1) is 11.4. The summed E-state index contributed by atoms with van der Waals surface area (Å²) in [7, 11) is 0. The second-order valence-corrected chi connectivity index (χ2v) is 2.75. The van der Waals surface area contributed by atoms with E-state index in [4.69, 9.17) is 4.74 Å². The summed E-state index contributed by atoms with van der Waals surface area (Å²) >= 11 is 0. The fourth-order valence-corrected chi connectivity index (χ4v) is 0.982. The van der Waals surface area contributed by atoms with Crippen molar-refractivity contribution in [1.82, 2.24) is 0 Å². The summed E-state index contributed by atoms with van der Waals surface area (Å²) in [5, 5.41) is 0. The van der Waals surface area contributed by atoms with E-state index in [0.717, 1.165) is 30.5 Å². The average Bonchev–Trinajstić information content (AvgIpc) is 2.22. The highest BCUT2D eigenvalue weighted by Crippen LogP contribution is 2.10. The van der Waals surface area contributed by atoms with Crippen molar-refractivity contribution in [3.05, 3.63) is 47.7 Å². The standard InChI is InChI=1S/C11H10F2O2/c1-2-15-6-5-11(14)9-7-8(12)3-4-10(9)13/h3-7H,2H2,1H3/b6-5+. The highest BCUT2D eigenvalue weighted by atomic mass is 19.1. The molecule has 1 aromatic carbocycles. The van der Waals surface area contributed by atoms with Crippen molar-refractivity contribution in [3.63, 3.8) is 0 Å². The fourth-order valence-electron chi connectivity index (χ4n) is 0.982. The van der Waals surface area contributed by atoms with E-state index in [1.807, 2.05) is 0 Å². The van der Waals surface area contributed by atoms with Gasteiger partial charge in [-0.15, -0.1) is 0 Å². The molecule has 0 radical (unpaired) electrons. The zero-order chi connectivity index (χ0) is 11.3. The molecule has 0 unspecified atom stereocenters. The van der Waals surface area contributed by atoms with Crippen molar-refractivity contribution in [2.45, 2.75) is 6.92 Å². The number of carbonyl (C=O) groups excluding carboxylic acids is 1. The summed E-state index contributed by atoms with van der Waals surface area (Å²) in [4.78, 5) is 11.3. The minimum atomic E-state index is -0.748. The largest absolute Gasteiger partial charge is 0.501 e. The maximum absolute atomic E-state index is 13.1. The van der Waals surface area contributed by atoms with Crippen LogP contribution in [0, 0.1) is 11.6 Å². The van der Waals surface area contributed by atoms with Crippen LogP contribution in [0.2, 0.25) is 0 Å². The molecule has 0 spiro atoms. The van der Waals surface area contributed by atoms with Crippen LogP contribution >= 0.6 is 0 Å². The van der Waals surface area contributed by atoms with Gasteiger partial charge in [0, 0.05) is 6.08 Å². The SMILES string of the molecule is CCO/C=C/C(=O)c1cc(F)ccc1F. The minimum Gasteiger partial charge on any atom is -0.501 e. The Morgan fingerprint density at radius 1 is 1.47 bits per heavy atom. The summed E-state index contributed by atoms with van der Waals surface area (Å²) in [6.07, 6.45) is 2.22. The number of hydrogen-bond acceptors (Lipinski definition) is 2. The van der Waals surface area contributed by atoms with Gasteiger partial charge in [-0.05, 0) is 25.1 Å². The van der Waals surface area contributed by atoms with Crippen molar-refractivity contribution in [3.8, 4) is 0 Å². The molecular formula is C11H10F2O2. The molecule has 0 fully saturated rings. The van der Waals surface area contributed by atoms with Crippen molar-refractivity contribution < 1.29 is 18.3 Å². The first-order valence-corrected chi connectivity index (χ1v) is 4.42. The number of ketones is 1. The van der Waals surface area contributed by atoms with E-state index in [2.05, 4.69) is 0 Å². The Morgan fingerprint density at radius 3 is 2.87 bits per heavy atom. The molecule has 0 aliphatic heterocycles. The van der Waals surface area contributed by atoms with Gasteiger partial charge in [-0.2, -0.15) is 0 Å². The lowest BCUT2D eigenvalue weighted by Crippen LogP contribution is -1.99. The Balaban J connectivity index is 2.86. The molecule has 4 heteroatoms. The van der Waals surface area contributed by atoms with Gasteiger partial charge in [-0.25, -0.2) is 8.78 Å². The van der Waals surface area contributed by atoms with E-state index >= 15 is 0 Å². The number of rotatable bonds is 4. The van der Waals surface area contributed by atoms with Crippen molar-refractivity contribution in [2.24, 2.45) is 0 Å². The smallest absolute Gasteiger partial charge is 0.191 e. The van der Waals surface area contributed by atoms with Crippen LogP contribution in [-0.2, 0) is 4.74 Å². The molecule has 0 aromatic heterocycles. The molecule has 0 heterocycles. The third kappa shape index (κ3) is 3.16. The van der Waals surface area contributed by atoms with E-state index in [9.17, 15) is 13.6 Å². The van der Waals surface area contributed by atoms with Crippen LogP contribution in [0.3, 0.4) is 0 Å². The van der Waals surface area contributed by atoms with E-state index < -0.39 is 17.4 Å². The fraction of sp³-hybridized carbons (Fsp3) is 0.182.